The van der Waals surface area contributed by atoms with Crippen LogP contribution in [0.4, 0.5) is 11.4 Å². The predicted molar refractivity (Wildman–Crippen MR) is 75.1 cm³/mol. The zero-order chi connectivity index (χ0) is 12.7. The van der Waals surface area contributed by atoms with Crippen LogP contribution in [0.3, 0.4) is 0 Å². The lowest BCUT2D eigenvalue weighted by molar-refractivity contribution is 1.33. The quantitative estimate of drug-likeness (QED) is 0.570. The predicted octanol–water partition coefficient (Wildman–Crippen LogP) is 2.70. The standard InChI is InChI=1S/C14H14N4/c1-8-10(15)6-9(7-11(8)16)14-17-12-4-2-3-5-13(12)18-14/h2-7H,15-16H2,1H3,(H,17,18). The Kier molecular flexibility index (Phi) is 2.23. The van der Waals surface area contributed by atoms with Crippen LogP contribution in [0.25, 0.3) is 22.4 Å². The molecule has 5 N–H and O–H groups in total. The number of rotatable bonds is 1. The lowest BCUT2D eigenvalue weighted by Crippen LogP contribution is -1.97. The Hall–Kier alpha value is -2.49. The van der Waals surface area contributed by atoms with Crippen molar-refractivity contribution in [2.75, 3.05) is 11.5 Å². The molecule has 0 saturated carbocycles. The van der Waals surface area contributed by atoms with Crippen molar-refractivity contribution in [2.45, 2.75) is 6.92 Å². The van der Waals surface area contributed by atoms with E-state index >= 15 is 0 Å². The molecule has 0 aliphatic rings. The molecule has 3 rings (SSSR count). The van der Waals surface area contributed by atoms with Crippen molar-refractivity contribution in [1.82, 2.24) is 9.97 Å². The number of aromatic amines is 1. The number of nitrogens with zero attached hydrogens (tertiary/aromatic N) is 1. The monoisotopic (exact) mass is 238 g/mol. The Morgan fingerprint density at radius 1 is 1.06 bits per heavy atom. The van der Waals surface area contributed by atoms with Crippen LogP contribution in [0.5, 0.6) is 0 Å². The first-order valence-electron chi connectivity index (χ1n) is 5.76. The smallest absolute Gasteiger partial charge is 0.138 e. The summed E-state index contributed by atoms with van der Waals surface area (Å²) in [4.78, 5) is 7.79. The molecule has 0 radical (unpaired) electrons. The third-order valence-electron chi connectivity index (χ3n) is 3.15. The summed E-state index contributed by atoms with van der Waals surface area (Å²) in [5, 5.41) is 0. The second-order valence-electron chi connectivity index (χ2n) is 4.38. The molecule has 1 heterocycles. The zero-order valence-electron chi connectivity index (χ0n) is 10.1. The molecule has 0 aliphatic heterocycles. The normalized spacial score (nSPS) is 10.9. The summed E-state index contributed by atoms with van der Waals surface area (Å²) in [6.07, 6.45) is 0. The van der Waals surface area contributed by atoms with Crippen LogP contribution in [0.2, 0.25) is 0 Å². The number of aromatic nitrogens is 2. The molecular formula is C14H14N4. The molecule has 0 bridgehead atoms. The molecular weight excluding hydrogens is 224 g/mol. The Morgan fingerprint density at radius 2 is 1.72 bits per heavy atom. The highest BCUT2D eigenvalue weighted by molar-refractivity contribution is 5.81. The van der Waals surface area contributed by atoms with Crippen LogP contribution >= 0.6 is 0 Å². The number of hydrogen-bond donors (Lipinski definition) is 3. The van der Waals surface area contributed by atoms with Gasteiger partial charge >= 0.3 is 0 Å². The summed E-state index contributed by atoms with van der Waals surface area (Å²) in [7, 11) is 0. The van der Waals surface area contributed by atoms with Gasteiger partial charge in [0.2, 0.25) is 0 Å². The molecule has 0 saturated heterocycles. The topological polar surface area (TPSA) is 80.7 Å². The van der Waals surface area contributed by atoms with E-state index in [0.29, 0.717) is 11.4 Å². The van der Waals surface area contributed by atoms with Crippen molar-refractivity contribution < 1.29 is 0 Å². The van der Waals surface area contributed by atoms with Crippen molar-refractivity contribution in [3.8, 4) is 11.4 Å². The van der Waals surface area contributed by atoms with E-state index in [2.05, 4.69) is 9.97 Å². The van der Waals surface area contributed by atoms with Crippen LogP contribution in [0.1, 0.15) is 5.56 Å². The highest BCUT2D eigenvalue weighted by Gasteiger charge is 2.08. The van der Waals surface area contributed by atoms with E-state index in [1.807, 2.05) is 43.3 Å². The number of hydrogen-bond acceptors (Lipinski definition) is 3. The van der Waals surface area contributed by atoms with Gasteiger partial charge in [-0.25, -0.2) is 4.98 Å². The van der Waals surface area contributed by atoms with Crippen LogP contribution in [-0.4, -0.2) is 9.97 Å². The first-order chi connectivity index (χ1) is 8.65. The maximum atomic E-state index is 5.93. The Balaban J connectivity index is 2.20. The number of imidazole rings is 1. The third kappa shape index (κ3) is 1.59. The molecule has 4 nitrogen and oxygen atoms in total. The summed E-state index contributed by atoms with van der Waals surface area (Å²) >= 11 is 0. The third-order valence-corrected chi connectivity index (χ3v) is 3.15. The molecule has 0 unspecified atom stereocenters. The molecule has 0 fully saturated rings. The van der Waals surface area contributed by atoms with Gasteiger partial charge < -0.3 is 16.5 Å². The number of para-hydroxylation sites is 2. The minimum atomic E-state index is 0.686. The summed E-state index contributed by atoms with van der Waals surface area (Å²) < 4.78 is 0. The van der Waals surface area contributed by atoms with E-state index in [1.54, 1.807) is 0 Å². The highest BCUT2D eigenvalue weighted by Crippen LogP contribution is 2.27. The van der Waals surface area contributed by atoms with Crippen LogP contribution < -0.4 is 11.5 Å². The number of nitrogens with one attached hydrogen (secondary N) is 1. The molecule has 0 atom stereocenters. The first kappa shape index (κ1) is 10.7. The summed E-state index contributed by atoms with van der Waals surface area (Å²) in [5.41, 5.74) is 17.0. The van der Waals surface area contributed by atoms with Gasteiger partial charge in [-0.15, -0.1) is 0 Å². The summed E-state index contributed by atoms with van der Waals surface area (Å²) in [5.74, 6) is 0.787. The van der Waals surface area contributed by atoms with E-state index in [-0.39, 0.29) is 0 Å². The lowest BCUT2D eigenvalue weighted by atomic mass is 10.1. The fourth-order valence-corrected chi connectivity index (χ4v) is 1.99. The van der Waals surface area contributed by atoms with Gasteiger partial charge in [0.15, 0.2) is 0 Å². The van der Waals surface area contributed by atoms with Gasteiger partial charge in [-0.1, -0.05) is 12.1 Å². The molecule has 4 heteroatoms. The number of benzene rings is 2. The van der Waals surface area contributed by atoms with E-state index in [4.69, 9.17) is 11.5 Å². The highest BCUT2D eigenvalue weighted by atomic mass is 14.9. The van der Waals surface area contributed by atoms with Crippen LogP contribution in [0, 0.1) is 6.92 Å². The van der Waals surface area contributed by atoms with E-state index < -0.39 is 0 Å². The van der Waals surface area contributed by atoms with Gasteiger partial charge in [-0.05, 0) is 36.8 Å². The molecule has 0 amide bonds. The van der Waals surface area contributed by atoms with Gasteiger partial charge in [0.1, 0.15) is 5.82 Å². The van der Waals surface area contributed by atoms with Crippen LogP contribution in [0.15, 0.2) is 36.4 Å². The molecule has 3 aromatic rings. The van der Waals surface area contributed by atoms with Gasteiger partial charge in [-0.2, -0.15) is 0 Å². The molecule has 0 spiro atoms. The van der Waals surface area contributed by atoms with Crippen LogP contribution in [-0.2, 0) is 0 Å². The SMILES string of the molecule is Cc1c(N)cc(-c2nc3ccccc3[nH]2)cc1N. The Morgan fingerprint density at radius 3 is 2.39 bits per heavy atom. The van der Waals surface area contributed by atoms with Crippen molar-refractivity contribution in [3.63, 3.8) is 0 Å². The van der Waals surface area contributed by atoms with Gasteiger partial charge in [0.05, 0.1) is 11.0 Å². The second kappa shape index (κ2) is 3.77. The van der Waals surface area contributed by atoms with Gasteiger partial charge in [0, 0.05) is 16.9 Å². The summed E-state index contributed by atoms with van der Waals surface area (Å²) in [6.45, 7) is 1.91. The average molecular weight is 238 g/mol. The second-order valence-corrected chi connectivity index (χ2v) is 4.38. The Labute approximate surface area is 105 Å². The minimum absolute atomic E-state index is 0.686. The van der Waals surface area contributed by atoms with Crippen molar-refractivity contribution in [1.29, 1.82) is 0 Å². The van der Waals surface area contributed by atoms with E-state index in [9.17, 15) is 0 Å². The van der Waals surface area contributed by atoms with E-state index in [1.165, 1.54) is 0 Å². The lowest BCUT2D eigenvalue weighted by Gasteiger charge is -2.06. The molecule has 1 aromatic heterocycles. The number of nitrogens with two attached hydrogens (primary N) is 2. The van der Waals surface area contributed by atoms with E-state index in [0.717, 1.165) is 28.0 Å². The minimum Gasteiger partial charge on any atom is -0.398 e. The maximum Gasteiger partial charge on any atom is 0.138 e. The largest absolute Gasteiger partial charge is 0.398 e. The van der Waals surface area contributed by atoms with Crippen molar-refractivity contribution >= 4 is 22.4 Å². The molecule has 18 heavy (non-hydrogen) atoms. The first-order valence-corrected chi connectivity index (χ1v) is 5.76. The maximum absolute atomic E-state index is 5.93. The molecule has 0 aliphatic carbocycles. The molecule has 90 valence electrons. The van der Waals surface area contributed by atoms with Gasteiger partial charge in [0.25, 0.3) is 0 Å². The zero-order valence-corrected chi connectivity index (χ0v) is 10.1. The fraction of sp³-hybridized carbons (Fsp3) is 0.0714. The van der Waals surface area contributed by atoms with Gasteiger partial charge in [-0.3, -0.25) is 0 Å². The number of nitrogen functional groups attached to an aromatic ring is 2. The average Bonchev–Trinajstić information content (AvgIpc) is 2.79. The number of fused-ring (bicyclic) bond motifs is 1. The van der Waals surface area contributed by atoms with Crippen molar-refractivity contribution in [2.24, 2.45) is 0 Å². The fourth-order valence-electron chi connectivity index (χ4n) is 1.99. The number of H-pyrrole nitrogens is 1. The number of anilines is 2. The summed E-state index contributed by atoms with van der Waals surface area (Å²) in [6, 6.07) is 11.7. The Bertz CT molecular complexity index is 671. The molecule has 2 aromatic carbocycles. The van der Waals surface area contributed by atoms with Crippen molar-refractivity contribution in [3.05, 3.63) is 42.0 Å².